The molecule has 1 fully saturated rings. The van der Waals surface area contributed by atoms with Crippen molar-refractivity contribution >= 4 is 16.0 Å². The molecule has 100 valence electrons. The maximum Gasteiger partial charge on any atom is 0.318 e. The van der Waals surface area contributed by atoms with Gasteiger partial charge in [0.1, 0.15) is 6.54 Å². The van der Waals surface area contributed by atoms with Gasteiger partial charge in [-0.2, -0.15) is 4.31 Å². The number of carbonyl (C=O) groups is 1. The van der Waals surface area contributed by atoms with Crippen LogP contribution in [-0.4, -0.2) is 55.9 Å². The number of hydrogen-bond donors (Lipinski definition) is 1. The zero-order chi connectivity index (χ0) is 12.9. The van der Waals surface area contributed by atoms with Gasteiger partial charge in [-0.15, -0.1) is 0 Å². The molecule has 7 heteroatoms. The Kier molecular flexibility index (Phi) is 5.35. The summed E-state index contributed by atoms with van der Waals surface area (Å²) in [6.07, 6.45) is 3.06. The molecule has 0 saturated heterocycles. The molecule has 0 heterocycles. The van der Waals surface area contributed by atoms with Gasteiger partial charge in [0.2, 0.25) is 10.0 Å². The number of hydrogen-bond acceptors (Lipinski definition) is 4. The van der Waals surface area contributed by atoms with Crippen LogP contribution in [0.25, 0.3) is 0 Å². The van der Waals surface area contributed by atoms with Gasteiger partial charge in [-0.25, -0.2) is 8.42 Å². The topological polar surface area (TPSA) is 83.9 Å². The summed E-state index contributed by atoms with van der Waals surface area (Å²) in [5.74, 6) is -1.14. The number of rotatable bonds is 7. The molecule has 0 aromatic heterocycles. The monoisotopic (exact) mass is 265 g/mol. The van der Waals surface area contributed by atoms with E-state index >= 15 is 0 Å². The van der Waals surface area contributed by atoms with Crippen molar-refractivity contribution < 1.29 is 23.1 Å². The van der Waals surface area contributed by atoms with E-state index in [-0.39, 0.29) is 13.2 Å². The highest BCUT2D eigenvalue weighted by molar-refractivity contribution is 7.89. The van der Waals surface area contributed by atoms with Crippen molar-refractivity contribution in [3.05, 3.63) is 0 Å². The van der Waals surface area contributed by atoms with Crippen LogP contribution >= 0.6 is 0 Å². The van der Waals surface area contributed by atoms with Gasteiger partial charge in [0.25, 0.3) is 0 Å². The van der Waals surface area contributed by atoms with E-state index in [4.69, 9.17) is 9.84 Å². The Hall–Kier alpha value is -0.660. The third kappa shape index (κ3) is 3.93. The molecule has 0 aromatic rings. The standard InChI is InChI=1S/C10H19NO5S/c1-16-7-6-11(8-10(12)13)17(14,15)9-4-2-3-5-9/h9H,2-8H2,1H3,(H,12,13). The van der Waals surface area contributed by atoms with E-state index < -0.39 is 27.8 Å². The lowest BCUT2D eigenvalue weighted by molar-refractivity contribution is -0.137. The molecule has 0 unspecified atom stereocenters. The second kappa shape index (κ2) is 6.32. The first-order valence-electron chi connectivity index (χ1n) is 5.68. The predicted octanol–water partition coefficient (Wildman–Crippen LogP) is 0.292. The number of nitrogens with zero attached hydrogens (tertiary/aromatic N) is 1. The van der Waals surface area contributed by atoms with Gasteiger partial charge in [-0.05, 0) is 12.8 Å². The van der Waals surface area contributed by atoms with E-state index in [1.54, 1.807) is 0 Å². The average Bonchev–Trinajstić information content (AvgIpc) is 2.77. The average molecular weight is 265 g/mol. The predicted molar refractivity (Wildman–Crippen MR) is 62.3 cm³/mol. The molecule has 0 radical (unpaired) electrons. The van der Waals surface area contributed by atoms with Crippen LogP contribution < -0.4 is 0 Å². The van der Waals surface area contributed by atoms with Crippen LogP contribution in [0.15, 0.2) is 0 Å². The fourth-order valence-corrected chi connectivity index (χ4v) is 4.01. The van der Waals surface area contributed by atoms with E-state index in [2.05, 4.69) is 0 Å². The fraction of sp³-hybridized carbons (Fsp3) is 0.900. The summed E-state index contributed by atoms with van der Waals surface area (Å²) in [5, 5.41) is 8.32. The van der Waals surface area contributed by atoms with Crippen LogP contribution in [0.1, 0.15) is 25.7 Å². The minimum Gasteiger partial charge on any atom is -0.480 e. The molecule has 0 aromatic carbocycles. The van der Waals surface area contributed by atoms with Crippen LogP contribution in [0.3, 0.4) is 0 Å². The lowest BCUT2D eigenvalue weighted by atomic mass is 10.4. The first-order chi connectivity index (χ1) is 7.98. The Morgan fingerprint density at radius 3 is 2.47 bits per heavy atom. The number of carboxylic acid groups (broad SMARTS) is 1. The zero-order valence-corrected chi connectivity index (χ0v) is 10.8. The van der Waals surface area contributed by atoms with Gasteiger partial charge >= 0.3 is 5.97 Å². The SMILES string of the molecule is COCCN(CC(=O)O)S(=O)(=O)C1CCCC1. The van der Waals surface area contributed by atoms with Gasteiger partial charge in [-0.1, -0.05) is 12.8 Å². The minimum absolute atomic E-state index is 0.0988. The number of carboxylic acids is 1. The number of aliphatic carboxylic acids is 1. The van der Waals surface area contributed by atoms with Crippen LogP contribution in [0.2, 0.25) is 0 Å². The molecule has 1 aliphatic rings. The number of ether oxygens (including phenoxy) is 1. The van der Waals surface area contributed by atoms with Crippen LogP contribution in [-0.2, 0) is 19.6 Å². The van der Waals surface area contributed by atoms with Crippen molar-refractivity contribution in [1.82, 2.24) is 4.31 Å². The van der Waals surface area contributed by atoms with E-state index in [0.717, 1.165) is 17.1 Å². The summed E-state index contributed by atoms with van der Waals surface area (Å²) in [4.78, 5) is 10.7. The zero-order valence-electron chi connectivity index (χ0n) is 9.96. The van der Waals surface area contributed by atoms with Crippen LogP contribution in [0.5, 0.6) is 0 Å². The molecule has 0 amide bonds. The molecule has 0 aliphatic heterocycles. The van der Waals surface area contributed by atoms with Crippen LogP contribution in [0.4, 0.5) is 0 Å². The Labute approximate surface area is 102 Å². The molecule has 1 aliphatic carbocycles. The van der Waals surface area contributed by atoms with Gasteiger partial charge in [-0.3, -0.25) is 4.79 Å². The summed E-state index contributed by atoms with van der Waals surface area (Å²) in [7, 11) is -2.04. The fourth-order valence-electron chi connectivity index (χ4n) is 2.04. The normalized spacial score (nSPS) is 17.8. The van der Waals surface area contributed by atoms with Gasteiger partial charge in [0.05, 0.1) is 11.9 Å². The quantitative estimate of drug-likeness (QED) is 0.715. The first kappa shape index (κ1) is 14.4. The number of sulfonamides is 1. The van der Waals surface area contributed by atoms with E-state index in [9.17, 15) is 13.2 Å². The highest BCUT2D eigenvalue weighted by Gasteiger charge is 2.34. The van der Waals surface area contributed by atoms with Crippen molar-refractivity contribution in [3.8, 4) is 0 Å². The molecule has 0 atom stereocenters. The first-order valence-corrected chi connectivity index (χ1v) is 7.18. The summed E-state index contributed by atoms with van der Waals surface area (Å²) >= 11 is 0. The largest absolute Gasteiger partial charge is 0.480 e. The summed E-state index contributed by atoms with van der Waals surface area (Å²) < 4.78 is 30.2. The van der Waals surface area contributed by atoms with Gasteiger partial charge < -0.3 is 9.84 Å². The Morgan fingerprint density at radius 2 is 2.00 bits per heavy atom. The lowest BCUT2D eigenvalue weighted by Crippen LogP contribution is -2.42. The Morgan fingerprint density at radius 1 is 1.41 bits per heavy atom. The van der Waals surface area contributed by atoms with Gasteiger partial charge in [0.15, 0.2) is 0 Å². The smallest absolute Gasteiger partial charge is 0.318 e. The summed E-state index contributed by atoms with van der Waals surface area (Å²) in [5.41, 5.74) is 0. The second-order valence-corrected chi connectivity index (χ2v) is 6.38. The van der Waals surface area contributed by atoms with Crippen molar-refractivity contribution in [3.63, 3.8) is 0 Å². The van der Waals surface area contributed by atoms with Gasteiger partial charge in [0, 0.05) is 13.7 Å². The highest BCUT2D eigenvalue weighted by atomic mass is 32.2. The molecule has 17 heavy (non-hydrogen) atoms. The van der Waals surface area contributed by atoms with E-state index in [1.165, 1.54) is 7.11 Å². The second-order valence-electron chi connectivity index (χ2n) is 4.17. The third-order valence-corrected chi connectivity index (χ3v) is 5.29. The maximum absolute atomic E-state index is 12.2. The lowest BCUT2D eigenvalue weighted by Gasteiger charge is -2.23. The molecule has 1 saturated carbocycles. The van der Waals surface area contributed by atoms with Crippen molar-refractivity contribution in [2.45, 2.75) is 30.9 Å². The minimum atomic E-state index is -3.50. The van der Waals surface area contributed by atoms with Crippen molar-refractivity contribution in [2.75, 3.05) is 26.8 Å². The van der Waals surface area contributed by atoms with Crippen molar-refractivity contribution in [2.24, 2.45) is 0 Å². The van der Waals surface area contributed by atoms with E-state index in [0.29, 0.717) is 12.8 Å². The molecule has 0 bridgehead atoms. The molecule has 1 rings (SSSR count). The van der Waals surface area contributed by atoms with E-state index in [1.807, 2.05) is 0 Å². The third-order valence-electron chi connectivity index (χ3n) is 2.94. The van der Waals surface area contributed by atoms with Crippen LogP contribution in [0, 0.1) is 0 Å². The molecular formula is C10H19NO5S. The molecule has 0 spiro atoms. The molecule has 6 nitrogen and oxygen atoms in total. The number of methoxy groups -OCH3 is 1. The highest BCUT2D eigenvalue weighted by Crippen LogP contribution is 2.26. The van der Waals surface area contributed by atoms with Crippen molar-refractivity contribution in [1.29, 1.82) is 0 Å². The molecular weight excluding hydrogens is 246 g/mol. The molecule has 1 N–H and O–H groups in total. The summed E-state index contributed by atoms with van der Waals surface area (Å²) in [6.45, 7) is -0.178. The Bertz CT molecular complexity index is 348. The Balaban J connectivity index is 2.75. The maximum atomic E-state index is 12.2. The summed E-state index contributed by atoms with van der Waals surface area (Å²) in [6, 6.07) is 0.